The largest absolute Gasteiger partial charge is 0.464 e. The number of carbonyl (C=O) groups is 3. The number of nitrogens with zero attached hydrogens (tertiary/aromatic N) is 6. The van der Waals surface area contributed by atoms with Gasteiger partial charge in [-0.1, -0.05) is 39.5 Å². The zero-order chi connectivity index (χ0) is 46.3. The molecule has 14 nitrogen and oxygen atoms in total. The molecule has 6 bridgehead atoms. The SMILES string of the molecule is C=C/C(=C(\N=CC)[C@H](C)OC)c1c2c3cc(ccc3n1CC)C1CSC(=N1)[C@@H](OCC)[C@H](NC(=O)[C@@H]1[C@@H](C)[C@H]1c1cc3ccn(C)c3cn1)C(=O)N1CCC[C@H](N1)C(=O)OCC(C)(C)C2. The summed E-state index contributed by atoms with van der Waals surface area (Å²) in [6.45, 7) is 19.9. The summed E-state index contributed by atoms with van der Waals surface area (Å²) in [5, 5.41) is 7.42. The molecule has 0 spiro atoms. The highest BCUT2D eigenvalue weighted by molar-refractivity contribution is 8.14. The number of hydrogen-bond acceptors (Lipinski definition) is 11. The van der Waals surface area contributed by atoms with Gasteiger partial charge >= 0.3 is 5.97 Å². The molecule has 2 fully saturated rings. The second kappa shape index (κ2) is 19.0. The number of hydrogen-bond donors (Lipinski definition) is 2. The van der Waals surface area contributed by atoms with Gasteiger partial charge in [-0.25, -0.2) is 5.43 Å². The van der Waals surface area contributed by atoms with Crippen LogP contribution in [-0.4, -0.2) is 105 Å². The lowest BCUT2D eigenvalue weighted by molar-refractivity contribution is -0.156. The standard InChI is InChI=1S/C50H64N8O6S/c1-11-32(42(51-12-2)29(6)62-10)44-34-24-50(7,8)27-64-49(61)35-16-15-20-58(55-35)48(60)43(54-46(59)41-28(5)40(41)36-23-31-19-21-56(9)39(31)25-52-36)45(63-14-4)47-53-37(26-65-47)30-17-18-38(33(34)22-30)57(44)13-3/h11-12,17-19,21-23,25,28-29,35,37,40-41,43,45,55H,1,13-16,20,24,26-27H2,2-10H3,(H,54,59)/b42-32+,51-12?/t28-,29-,35-,37?,40-,41+,43-,45-/m0/s1. The Morgan fingerprint density at radius 2 is 2.00 bits per heavy atom. The van der Waals surface area contributed by atoms with Crippen LogP contribution in [0.2, 0.25) is 0 Å². The van der Waals surface area contributed by atoms with Crippen molar-refractivity contribution < 1.29 is 28.6 Å². The third-order valence-corrected chi connectivity index (χ3v) is 14.7. The van der Waals surface area contributed by atoms with Crippen molar-refractivity contribution in [1.82, 2.24) is 29.9 Å². The van der Waals surface area contributed by atoms with Gasteiger partial charge in [-0.3, -0.25) is 34.4 Å². The molecule has 65 heavy (non-hydrogen) atoms. The van der Waals surface area contributed by atoms with Crippen molar-refractivity contribution >= 4 is 68.2 Å². The van der Waals surface area contributed by atoms with Gasteiger partial charge in [0.25, 0.3) is 5.91 Å². The molecule has 2 amide bonds. The number of ether oxygens (including phenoxy) is 3. The number of rotatable bonds is 11. The molecular formula is C50H64N8O6S. The molecule has 1 saturated carbocycles. The summed E-state index contributed by atoms with van der Waals surface area (Å²) in [7, 11) is 3.66. The molecule has 346 valence electrons. The lowest BCUT2D eigenvalue weighted by Gasteiger charge is -2.37. The second-order valence-corrected chi connectivity index (χ2v) is 19.6. The summed E-state index contributed by atoms with van der Waals surface area (Å²) < 4.78 is 22.8. The first kappa shape index (κ1) is 46.4. The number of allylic oxidation sites excluding steroid dienone is 2. The van der Waals surface area contributed by atoms with Gasteiger partial charge in [-0.05, 0) is 88.3 Å². The van der Waals surface area contributed by atoms with Crippen LogP contribution in [0.25, 0.3) is 27.4 Å². The minimum absolute atomic E-state index is 0.0119. The van der Waals surface area contributed by atoms with E-state index in [9.17, 15) is 14.4 Å². The molecule has 3 aliphatic heterocycles. The lowest BCUT2D eigenvalue weighted by Crippen LogP contribution is -2.63. The van der Waals surface area contributed by atoms with Crippen molar-refractivity contribution in [2.24, 2.45) is 34.3 Å². The average molecular weight is 905 g/mol. The van der Waals surface area contributed by atoms with E-state index >= 15 is 0 Å². The number of amides is 2. The van der Waals surface area contributed by atoms with E-state index in [1.807, 2.05) is 56.9 Å². The Morgan fingerprint density at radius 3 is 2.72 bits per heavy atom. The predicted molar refractivity (Wildman–Crippen MR) is 258 cm³/mol. The van der Waals surface area contributed by atoms with Gasteiger partial charge in [-0.15, -0.1) is 11.8 Å². The molecule has 8 rings (SSSR count). The fraction of sp³-hybridized carbons (Fsp3) is 0.520. The summed E-state index contributed by atoms with van der Waals surface area (Å²) in [6.07, 6.45) is 7.95. The molecule has 15 heteroatoms. The molecular weight excluding hydrogens is 841 g/mol. The van der Waals surface area contributed by atoms with Gasteiger partial charge in [0.15, 0.2) is 0 Å². The van der Waals surface area contributed by atoms with Gasteiger partial charge < -0.3 is 28.7 Å². The van der Waals surface area contributed by atoms with E-state index in [4.69, 9.17) is 29.2 Å². The van der Waals surface area contributed by atoms with Crippen LogP contribution in [0.4, 0.5) is 0 Å². The van der Waals surface area contributed by atoms with Gasteiger partial charge in [0.2, 0.25) is 5.91 Å². The molecule has 2 N–H and O–H groups in total. The maximum atomic E-state index is 14.9. The first-order chi connectivity index (χ1) is 31.2. The second-order valence-electron chi connectivity index (χ2n) is 18.5. The molecule has 3 aromatic heterocycles. The van der Waals surface area contributed by atoms with Crippen LogP contribution < -0.4 is 10.7 Å². The molecule has 8 atom stereocenters. The fourth-order valence-corrected chi connectivity index (χ4v) is 11.2. The van der Waals surface area contributed by atoms with Crippen molar-refractivity contribution in [3.05, 3.63) is 83.6 Å². The molecule has 6 heterocycles. The van der Waals surface area contributed by atoms with Crippen LogP contribution in [0.5, 0.6) is 0 Å². The number of pyridine rings is 1. The third-order valence-electron chi connectivity index (χ3n) is 13.6. The Hall–Kier alpha value is -5.09. The number of aliphatic imine (C=N–C) groups is 2. The fourth-order valence-electron chi connectivity index (χ4n) is 10.0. The van der Waals surface area contributed by atoms with E-state index in [1.54, 1.807) is 25.1 Å². The first-order valence-corrected chi connectivity index (χ1v) is 24.0. The summed E-state index contributed by atoms with van der Waals surface area (Å²) >= 11 is 1.55. The van der Waals surface area contributed by atoms with E-state index in [0.29, 0.717) is 43.1 Å². The van der Waals surface area contributed by atoms with Crippen LogP contribution in [0.15, 0.2) is 71.1 Å². The quantitative estimate of drug-likeness (QED) is 0.0896. The number of hydrazine groups is 1. The van der Waals surface area contributed by atoms with E-state index in [2.05, 4.69) is 73.8 Å². The number of cyclic esters (lactones) is 1. The highest BCUT2D eigenvalue weighted by Crippen LogP contribution is 2.53. The Morgan fingerprint density at radius 1 is 1.20 bits per heavy atom. The van der Waals surface area contributed by atoms with E-state index < -0.39 is 41.4 Å². The van der Waals surface area contributed by atoms with Gasteiger partial charge in [0, 0.05) is 96.8 Å². The normalized spacial score (nSPS) is 26.8. The highest BCUT2D eigenvalue weighted by atomic mass is 32.2. The Kier molecular flexibility index (Phi) is 13.6. The van der Waals surface area contributed by atoms with E-state index in [1.165, 1.54) is 5.01 Å². The minimum Gasteiger partial charge on any atom is -0.464 e. The molecule has 1 aliphatic carbocycles. The number of aryl methyl sites for hydroxylation is 2. The Labute approximate surface area is 386 Å². The number of fused-ring (bicyclic) bond motifs is 6. The Balaban J connectivity index is 1.22. The number of aromatic nitrogens is 3. The molecule has 4 aromatic rings. The molecule has 1 saturated heterocycles. The number of carbonyl (C=O) groups excluding carboxylic acids is 3. The number of nitrogens with one attached hydrogen (secondary N) is 2. The van der Waals surface area contributed by atoms with Gasteiger partial charge in [-0.2, -0.15) is 0 Å². The van der Waals surface area contributed by atoms with Crippen LogP contribution in [0.3, 0.4) is 0 Å². The number of benzene rings is 1. The highest BCUT2D eigenvalue weighted by Gasteiger charge is 2.55. The van der Waals surface area contributed by atoms with Crippen LogP contribution >= 0.6 is 11.8 Å². The smallest absolute Gasteiger partial charge is 0.324 e. The monoisotopic (exact) mass is 904 g/mol. The van der Waals surface area contributed by atoms with Crippen LogP contribution in [-0.2, 0) is 48.6 Å². The van der Waals surface area contributed by atoms with E-state index in [-0.39, 0.29) is 43.1 Å². The van der Waals surface area contributed by atoms with E-state index in [0.717, 1.165) is 55.6 Å². The van der Waals surface area contributed by atoms with Crippen molar-refractivity contribution in [3.63, 3.8) is 0 Å². The van der Waals surface area contributed by atoms with Crippen molar-refractivity contribution in [2.75, 3.05) is 32.6 Å². The number of thioether (sulfide) groups is 1. The van der Waals surface area contributed by atoms with Crippen molar-refractivity contribution in [2.45, 2.75) is 111 Å². The summed E-state index contributed by atoms with van der Waals surface area (Å²) in [4.78, 5) is 58.3. The lowest BCUT2D eigenvalue weighted by atomic mass is 9.84. The molecule has 1 aromatic carbocycles. The summed E-state index contributed by atoms with van der Waals surface area (Å²) in [6, 6.07) is 8.52. The molecule has 0 radical (unpaired) electrons. The first-order valence-electron chi connectivity index (χ1n) is 23.0. The topological polar surface area (TPSA) is 154 Å². The zero-order valence-corrected chi connectivity index (χ0v) is 40.0. The average Bonchev–Trinajstić information content (AvgIpc) is 3.58. The molecule has 1 unspecified atom stereocenters. The van der Waals surface area contributed by atoms with Crippen LogP contribution in [0, 0.1) is 17.3 Å². The number of esters is 1. The van der Waals surface area contributed by atoms with Crippen molar-refractivity contribution in [1.29, 1.82) is 0 Å². The summed E-state index contributed by atoms with van der Waals surface area (Å²) in [5.41, 5.74) is 10.4. The van der Waals surface area contributed by atoms with Gasteiger partial charge in [0.05, 0.1) is 41.9 Å². The third kappa shape index (κ3) is 8.96. The summed E-state index contributed by atoms with van der Waals surface area (Å²) in [5.74, 6) is -0.926. The zero-order valence-electron chi connectivity index (χ0n) is 39.2. The van der Waals surface area contributed by atoms with Crippen LogP contribution in [0.1, 0.15) is 95.8 Å². The maximum absolute atomic E-state index is 14.9. The minimum atomic E-state index is -1.13. The molecule has 4 aliphatic rings. The Bertz CT molecular complexity index is 2590. The van der Waals surface area contributed by atoms with Crippen molar-refractivity contribution in [3.8, 4) is 0 Å². The predicted octanol–water partition coefficient (Wildman–Crippen LogP) is 7.32. The maximum Gasteiger partial charge on any atom is 0.324 e. The number of methoxy groups -OCH3 is 1. The van der Waals surface area contributed by atoms with Gasteiger partial charge in [0.1, 0.15) is 23.2 Å².